The quantitative estimate of drug-likeness (QED) is 0.671. The number of carbonyl (C=O) groups is 1. The Hall–Kier alpha value is -2.19. The summed E-state index contributed by atoms with van der Waals surface area (Å²) in [6.07, 6.45) is 0.101. The van der Waals surface area contributed by atoms with E-state index < -0.39 is 23.4 Å². The summed E-state index contributed by atoms with van der Waals surface area (Å²) in [5.74, 6) is -0.332. The first-order chi connectivity index (χ1) is 15.4. The second kappa shape index (κ2) is 8.30. The van der Waals surface area contributed by atoms with Gasteiger partial charge in [0.25, 0.3) is 0 Å². The lowest BCUT2D eigenvalue weighted by Crippen LogP contribution is -2.60. The minimum absolute atomic E-state index is 0.0539. The number of hydrogen-bond donors (Lipinski definition) is 0. The van der Waals surface area contributed by atoms with Gasteiger partial charge in [0, 0.05) is 11.1 Å². The van der Waals surface area contributed by atoms with Crippen molar-refractivity contribution in [3.8, 4) is 0 Å². The average molecular weight is 444 g/mol. The molecule has 0 amide bonds. The van der Waals surface area contributed by atoms with Gasteiger partial charge >= 0.3 is 0 Å². The molecule has 2 heterocycles. The van der Waals surface area contributed by atoms with E-state index in [1.54, 1.807) is 24.3 Å². The van der Waals surface area contributed by atoms with E-state index in [1.165, 1.54) is 24.3 Å². The number of Topliss-reactive ketones (excluding diaryl/α,β-unsaturated/α-hetero) is 1. The number of carbonyl (C=O) groups excluding carboxylic acids is 1. The maximum atomic E-state index is 13.8. The fourth-order valence-electron chi connectivity index (χ4n) is 5.40. The van der Waals surface area contributed by atoms with E-state index in [9.17, 15) is 13.6 Å². The Morgan fingerprint density at radius 3 is 1.38 bits per heavy atom. The van der Waals surface area contributed by atoms with Crippen LogP contribution in [0.3, 0.4) is 0 Å². The Morgan fingerprint density at radius 2 is 1.03 bits per heavy atom. The van der Waals surface area contributed by atoms with Crippen LogP contribution in [0, 0.1) is 28.4 Å². The summed E-state index contributed by atoms with van der Waals surface area (Å²) in [5, 5.41) is 0. The molecule has 0 atom stereocenters. The third-order valence-electron chi connectivity index (χ3n) is 6.77. The number of hydrogen-bond acceptors (Lipinski definition) is 5. The van der Waals surface area contributed by atoms with Crippen molar-refractivity contribution in [1.29, 1.82) is 0 Å². The minimum atomic E-state index is -0.760. The van der Waals surface area contributed by atoms with Gasteiger partial charge < -0.3 is 18.9 Å². The van der Waals surface area contributed by atoms with Crippen LogP contribution in [0.25, 0.3) is 0 Å². The monoisotopic (exact) mass is 444 g/mol. The first-order valence-corrected chi connectivity index (χ1v) is 10.9. The number of rotatable bonds is 2. The van der Waals surface area contributed by atoms with Gasteiger partial charge in [-0.05, 0) is 43.0 Å². The number of ketones is 1. The smallest absolute Gasteiger partial charge is 0.183 e. The minimum Gasteiger partial charge on any atom is -0.347 e. The molecule has 0 radical (unpaired) electrons. The van der Waals surface area contributed by atoms with E-state index in [-0.39, 0.29) is 49.8 Å². The van der Waals surface area contributed by atoms with Crippen LogP contribution in [0.2, 0.25) is 0 Å². The lowest BCUT2D eigenvalue weighted by atomic mass is 9.58. The van der Waals surface area contributed by atoms with E-state index in [0.29, 0.717) is 12.8 Å². The van der Waals surface area contributed by atoms with Crippen LogP contribution in [-0.2, 0) is 23.7 Å². The first-order valence-electron chi connectivity index (χ1n) is 10.9. The van der Waals surface area contributed by atoms with E-state index in [0.717, 1.165) is 11.1 Å². The van der Waals surface area contributed by atoms with Crippen molar-refractivity contribution in [2.75, 3.05) is 26.4 Å². The zero-order valence-corrected chi connectivity index (χ0v) is 17.9. The molecule has 1 saturated carbocycles. The molecular formula is C25H26F2O5. The summed E-state index contributed by atoms with van der Waals surface area (Å²) in [7, 11) is 0. The van der Waals surface area contributed by atoms with Crippen LogP contribution in [0.15, 0.2) is 48.5 Å². The van der Waals surface area contributed by atoms with Crippen LogP contribution in [-0.4, -0.2) is 32.2 Å². The topological polar surface area (TPSA) is 54.0 Å². The van der Waals surface area contributed by atoms with Gasteiger partial charge in [-0.25, -0.2) is 8.78 Å². The zero-order chi connectivity index (χ0) is 22.3. The van der Waals surface area contributed by atoms with Crippen molar-refractivity contribution in [3.63, 3.8) is 0 Å². The second-order valence-electron chi connectivity index (χ2n) is 9.41. The molecule has 2 saturated heterocycles. The van der Waals surface area contributed by atoms with Crippen molar-refractivity contribution in [1.82, 2.24) is 0 Å². The molecule has 0 aromatic heterocycles. The lowest BCUT2D eigenvalue weighted by Gasteiger charge is -2.52. The summed E-state index contributed by atoms with van der Waals surface area (Å²) < 4.78 is 50.3. The van der Waals surface area contributed by atoms with Gasteiger partial charge in [0.1, 0.15) is 11.6 Å². The number of halogens is 2. The molecule has 0 unspecified atom stereocenters. The molecule has 2 aliphatic heterocycles. The lowest BCUT2D eigenvalue weighted by molar-refractivity contribution is -0.265. The molecule has 2 spiro atoms. The normalized spacial score (nSPS) is 35.3. The SMILES string of the molecule is CC1CC2(COC(c3ccc(F)cc3)OC2)C(=O)C2(COC(c3ccc(F)cc3)OC2)C1. The molecule has 5 nitrogen and oxygen atoms in total. The van der Waals surface area contributed by atoms with Crippen LogP contribution < -0.4 is 0 Å². The van der Waals surface area contributed by atoms with Crippen LogP contribution in [0.5, 0.6) is 0 Å². The van der Waals surface area contributed by atoms with Crippen molar-refractivity contribution in [3.05, 3.63) is 71.3 Å². The van der Waals surface area contributed by atoms with Crippen LogP contribution in [0.1, 0.15) is 43.5 Å². The molecule has 1 aliphatic carbocycles. The van der Waals surface area contributed by atoms with Gasteiger partial charge in [-0.2, -0.15) is 0 Å². The Kier molecular flexibility index (Phi) is 5.61. The fraction of sp³-hybridized carbons (Fsp3) is 0.480. The van der Waals surface area contributed by atoms with Gasteiger partial charge in [-0.1, -0.05) is 31.2 Å². The van der Waals surface area contributed by atoms with Crippen molar-refractivity contribution < 1.29 is 32.5 Å². The molecule has 0 N–H and O–H groups in total. The zero-order valence-electron chi connectivity index (χ0n) is 17.9. The van der Waals surface area contributed by atoms with Gasteiger partial charge in [0.15, 0.2) is 18.4 Å². The van der Waals surface area contributed by atoms with Crippen molar-refractivity contribution >= 4 is 5.78 Å². The van der Waals surface area contributed by atoms with Crippen molar-refractivity contribution in [2.24, 2.45) is 16.7 Å². The van der Waals surface area contributed by atoms with E-state index in [2.05, 4.69) is 6.92 Å². The van der Waals surface area contributed by atoms with Crippen molar-refractivity contribution in [2.45, 2.75) is 32.3 Å². The Balaban J connectivity index is 1.29. The second-order valence-corrected chi connectivity index (χ2v) is 9.41. The standard InChI is InChI=1S/C25H26F2O5/c1-16-10-24(12-29-21(30-13-24)17-2-6-19(26)7-3-17)23(28)25(11-16)14-31-22(32-15-25)18-4-8-20(27)9-5-18/h2-9,16,21-22H,10-15H2,1H3. The summed E-state index contributed by atoms with van der Waals surface area (Å²) in [6.45, 7) is 3.07. The highest BCUT2D eigenvalue weighted by atomic mass is 19.1. The molecule has 3 fully saturated rings. The van der Waals surface area contributed by atoms with Gasteiger partial charge in [-0.15, -0.1) is 0 Å². The summed E-state index contributed by atoms with van der Waals surface area (Å²) in [5.41, 5.74) is -0.0785. The van der Waals surface area contributed by atoms with E-state index >= 15 is 0 Å². The summed E-state index contributed by atoms with van der Waals surface area (Å²) in [6, 6.07) is 12.0. The summed E-state index contributed by atoms with van der Waals surface area (Å²) >= 11 is 0. The molecule has 2 aromatic carbocycles. The van der Waals surface area contributed by atoms with E-state index in [1.807, 2.05) is 0 Å². The predicted octanol–water partition coefficient (Wildman–Crippen LogP) is 4.73. The van der Waals surface area contributed by atoms with Gasteiger partial charge in [-0.3, -0.25) is 4.79 Å². The largest absolute Gasteiger partial charge is 0.347 e. The number of benzene rings is 2. The average Bonchev–Trinajstić information content (AvgIpc) is 2.80. The molecule has 5 rings (SSSR count). The summed E-state index contributed by atoms with van der Waals surface area (Å²) in [4.78, 5) is 13.8. The first kappa shape index (κ1) is 21.6. The highest BCUT2D eigenvalue weighted by Crippen LogP contribution is 2.51. The molecular weight excluding hydrogens is 418 g/mol. The van der Waals surface area contributed by atoms with Gasteiger partial charge in [0.05, 0.1) is 37.3 Å². The van der Waals surface area contributed by atoms with Crippen LogP contribution >= 0.6 is 0 Å². The molecule has 2 aromatic rings. The third-order valence-corrected chi connectivity index (χ3v) is 6.77. The Bertz CT molecular complexity index is 881. The third kappa shape index (κ3) is 3.88. The highest BCUT2D eigenvalue weighted by Gasteiger charge is 2.58. The molecule has 3 aliphatic rings. The molecule has 0 bridgehead atoms. The Labute approximate surface area is 185 Å². The van der Waals surface area contributed by atoms with E-state index in [4.69, 9.17) is 18.9 Å². The predicted molar refractivity (Wildman–Crippen MR) is 110 cm³/mol. The Morgan fingerprint density at radius 1 is 0.688 bits per heavy atom. The molecule has 32 heavy (non-hydrogen) atoms. The van der Waals surface area contributed by atoms with Gasteiger partial charge in [0.2, 0.25) is 0 Å². The highest BCUT2D eigenvalue weighted by molar-refractivity contribution is 5.92. The molecule has 170 valence electrons. The fourth-order valence-corrected chi connectivity index (χ4v) is 5.40. The van der Waals surface area contributed by atoms with Crippen LogP contribution in [0.4, 0.5) is 8.78 Å². The maximum absolute atomic E-state index is 13.8. The maximum Gasteiger partial charge on any atom is 0.183 e. The number of ether oxygens (including phenoxy) is 4. The molecule has 7 heteroatoms.